The molecular weight excluding hydrogens is 214 g/mol. The fraction of sp³-hybridized carbons (Fsp3) is 0.100. The summed E-state index contributed by atoms with van der Waals surface area (Å²) in [4.78, 5) is 12.5. The first-order valence-electron chi connectivity index (χ1n) is 4.13. The summed E-state index contributed by atoms with van der Waals surface area (Å²) in [5, 5.41) is 1.80. The van der Waals surface area contributed by atoms with E-state index >= 15 is 0 Å². The Hall–Kier alpha value is -1.00. The van der Waals surface area contributed by atoms with Gasteiger partial charge in [-0.15, -0.1) is 11.8 Å². The molecule has 1 aromatic heterocycles. The lowest BCUT2D eigenvalue weighted by Gasteiger charge is -2.00. The summed E-state index contributed by atoms with van der Waals surface area (Å²) in [5.41, 5.74) is 0.967. The van der Waals surface area contributed by atoms with Crippen molar-refractivity contribution in [1.29, 1.82) is 0 Å². The van der Waals surface area contributed by atoms with E-state index in [9.17, 15) is 4.79 Å². The number of thioether (sulfide) groups is 1. The number of hydrogen-bond acceptors (Lipinski definition) is 3. The van der Waals surface area contributed by atoms with Crippen molar-refractivity contribution in [1.82, 2.24) is 3.96 Å². The lowest BCUT2D eigenvalue weighted by molar-refractivity contribution is 1.12. The lowest BCUT2D eigenvalue weighted by Crippen LogP contribution is -2.08. The van der Waals surface area contributed by atoms with E-state index in [1.54, 1.807) is 27.2 Å². The summed E-state index contributed by atoms with van der Waals surface area (Å²) >= 11 is 3.11. The van der Waals surface area contributed by atoms with Crippen LogP contribution in [0.15, 0.2) is 45.4 Å². The Kier molecular flexibility index (Phi) is 2.74. The Balaban J connectivity index is 2.44. The molecule has 0 aliphatic rings. The molecule has 0 aliphatic heterocycles. The number of benzene rings is 1. The average Bonchev–Trinajstić information content (AvgIpc) is 2.65. The monoisotopic (exact) mass is 223 g/mol. The molecule has 2 rings (SSSR count). The molecule has 72 valence electrons. The van der Waals surface area contributed by atoms with Crippen LogP contribution >= 0.6 is 23.3 Å². The number of nitrogens with zero attached hydrogens (tertiary/aromatic N) is 1. The highest BCUT2D eigenvalue weighted by Crippen LogP contribution is 2.17. The molecule has 0 aliphatic carbocycles. The molecule has 2 nitrogen and oxygen atoms in total. The first kappa shape index (κ1) is 9.55. The highest BCUT2D eigenvalue weighted by atomic mass is 32.2. The molecule has 14 heavy (non-hydrogen) atoms. The molecule has 0 amide bonds. The normalized spacial score (nSPS) is 10.4. The van der Waals surface area contributed by atoms with Gasteiger partial charge >= 0.3 is 0 Å². The van der Waals surface area contributed by atoms with E-state index in [0.717, 1.165) is 5.69 Å². The minimum absolute atomic E-state index is 0.0342. The Morgan fingerprint density at radius 2 is 1.93 bits per heavy atom. The maximum atomic E-state index is 11.3. The summed E-state index contributed by atoms with van der Waals surface area (Å²) < 4.78 is 1.67. The first-order valence-corrected chi connectivity index (χ1v) is 6.19. The van der Waals surface area contributed by atoms with E-state index in [4.69, 9.17) is 0 Å². The molecule has 0 N–H and O–H groups in total. The Labute approximate surface area is 90.3 Å². The zero-order chi connectivity index (χ0) is 9.97. The van der Waals surface area contributed by atoms with E-state index in [1.165, 1.54) is 16.4 Å². The zero-order valence-corrected chi connectivity index (χ0v) is 9.27. The highest BCUT2D eigenvalue weighted by Gasteiger charge is 1.99. The fourth-order valence-electron chi connectivity index (χ4n) is 1.17. The van der Waals surface area contributed by atoms with Crippen LogP contribution in [0.4, 0.5) is 0 Å². The molecule has 1 heterocycles. The van der Waals surface area contributed by atoms with Gasteiger partial charge in [0, 0.05) is 16.3 Å². The van der Waals surface area contributed by atoms with E-state index in [-0.39, 0.29) is 5.56 Å². The lowest BCUT2D eigenvalue weighted by atomic mass is 10.3. The summed E-state index contributed by atoms with van der Waals surface area (Å²) in [7, 11) is 0. The Morgan fingerprint density at radius 1 is 1.21 bits per heavy atom. The van der Waals surface area contributed by atoms with Gasteiger partial charge in [-0.1, -0.05) is 11.5 Å². The molecule has 2 aromatic rings. The van der Waals surface area contributed by atoms with Crippen molar-refractivity contribution in [3.8, 4) is 5.69 Å². The molecule has 0 saturated heterocycles. The molecule has 0 bridgehead atoms. The second kappa shape index (κ2) is 4.02. The van der Waals surface area contributed by atoms with Crippen LogP contribution in [-0.4, -0.2) is 10.2 Å². The molecule has 0 saturated carbocycles. The van der Waals surface area contributed by atoms with Gasteiger partial charge in [0.05, 0.1) is 5.69 Å². The first-order chi connectivity index (χ1) is 6.81. The highest BCUT2D eigenvalue weighted by molar-refractivity contribution is 7.98. The van der Waals surface area contributed by atoms with Gasteiger partial charge in [0.2, 0.25) is 0 Å². The third-order valence-corrected chi connectivity index (χ3v) is 3.49. The summed E-state index contributed by atoms with van der Waals surface area (Å²) in [6.45, 7) is 0. The summed E-state index contributed by atoms with van der Waals surface area (Å²) in [5.74, 6) is 0. The molecule has 4 heteroatoms. The van der Waals surface area contributed by atoms with Crippen LogP contribution in [0.3, 0.4) is 0 Å². The van der Waals surface area contributed by atoms with Crippen LogP contribution in [0, 0.1) is 0 Å². The molecule has 0 unspecified atom stereocenters. The van der Waals surface area contributed by atoms with Crippen molar-refractivity contribution in [3.05, 3.63) is 46.1 Å². The van der Waals surface area contributed by atoms with Crippen LogP contribution in [0.1, 0.15) is 0 Å². The minimum Gasteiger partial charge on any atom is -0.268 e. The van der Waals surface area contributed by atoms with Crippen LogP contribution in [0.2, 0.25) is 0 Å². The largest absolute Gasteiger partial charge is 0.268 e. The number of rotatable bonds is 2. The van der Waals surface area contributed by atoms with E-state index in [1.807, 2.05) is 30.5 Å². The number of hydrogen-bond donors (Lipinski definition) is 0. The standard InChI is InChI=1S/C10H9NOS2/c1-13-9-4-2-8(3-5-9)11-10(12)6-7-14-11/h2-7H,1H3. The van der Waals surface area contributed by atoms with Crippen molar-refractivity contribution in [2.75, 3.05) is 6.26 Å². The third-order valence-electron chi connectivity index (χ3n) is 1.88. The quantitative estimate of drug-likeness (QED) is 0.730. The van der Waals surface area contributed by atoms with Crippen LogP contribution in [0.25, 0.3) is 5.69 Å². The smallest absolute Gasteiger partial charge is 0.265 e. The molecule has 0 fully saturated rings. The SMILES string of the molecule is CSc1ccc(-n2sccc2=O)cc1. The predicted molar refractivity (Wildman–Crippen MR) is 61.7 cm³/mol. The third kappa shape index (κ3) is 1.76. The maximum Gasteiger partial charge on any atom is 0.265 e. The Morgan fingerprint density at radius 3 is 2.43 bits per heavy atom. The van der Waals surface area contributed by atoms with Crippen molar-refractivity contribution >= 4 is 23.3 Å². The molecule has 0 atom stereocenters. The van der Waals surface area contributed by atoms with Gasteiger partial charge in [-0.2, -0.15) is 0 Å². The van der Waals surface area contributed by atoms with E-state index in [0.29, 0.717) is 0 Å². The van der Waals surface area contributed by atoms with Gasteiger partial charge < -0.3 is 0 Å². The van der Waals surface area contributed by atoms with Gasteiger partial charge in [-0.3, -0.25) is 4.79 Å². The molecular formula is C10H9NOS2. The molecule has 0 radical (unpaired) electrons. The van der Waals surface area contributed by atoms with Gasteiger partial charge in [0.15, 0.2) is 0 Å². The molecule has 1 aromatic carbocycles. The van der Waals surface area contributed by atoms with Crippen molar-refractivity contribution < 1.29 is 0 Å². The van der Waals surface area contributed by atoms with Crippen LogP contribution < -0.4 is 5.56 Å². The van der Waals surface area contributed by atoms with Crippen LogP contribution in [-0.2, 0) is 0 Å². The van der Waals surface area contributed by atoms with Gasteiger partial charge in [0.1, 0.15) is 0 Å². The second-order valence-electron chi connectivity index (χ2n) is 2.74. The zero-order valence-electron chi connectivity index (χ0n) is 7.64. The summed E-state index contributed by atoms with van der Waals surface area (Å²) in [6.07, 6.45) is 2.03. The molecule has 0 spiro atoms. The topological polar surface area (TPSA) is 22.0 Å². The van der Waals surface area contributed by atoms with Crippen molar-refractivity contribution in [2.24, 2.45) is 0 Å². The second-order valence-corrected chi connectivity index (χ2v) is 4.47. The average molecular weight is 223 g/mol. The van der Waals surface area contributed by atoms with Gasteiger partial charge in [-0.25, -0.2) is 3.96 Å². The Bertz CT molecular complexity index is 469. The maximum absolute atomic E-state index is 11.3. The van der Waals surface area contributed by atoms with Gasteiger partial charge in [0.25, 0.3) is 5.56 Å². The van der Waals surface area contributed by atoms with Crippen molar-refractivity contribution in [3.63, 3.8) is 0 Å². The summed E-state index contributed by atoms with van der Waals surface area (Å²) in [6, 6.07) is 9.54. The van der Waals surface area contributed by atoms with E-state index in [2.05, 4.69) is 0 Å². The number of aromatic nitrogens is 1. The van der Waals surface area contributed by atoms with Gasteiger partial charge in [-0.05, 0) is 30.5 Å². The van der Waals surface area contributed by atoms with Crippen LogP contribution in [0.5, 0.6) is 0 Å². The van der Waals surface area contributed by atoms with Crippen molar-refractivity contribution in [2.45, 2.75) is 4.90 Å². The fourth-order valence-corrected chi connectivity index (χ4v) is 2.29. The minimum atomic E-state index is 0.0342. The van der Waals surface area contributed by atoms with E-state index < -0.39 is 0 Å². The predicted octanol–water partition coefficient (Wildman–Crippen LogP) is 2.62.